The van der Waals surface area contributed by atoms with Crippen LogP contribution in [0.3, 0.4) is 0 Å². The smallest absolute Gasteiger partial charge is 0.423 e. The van der Waals surface area contributed by atoms with Gasteiger partial charge in [0.1, 0.15) is 11.1 Å². The number of benzene rings is 2. The number of halogens is 6. The summed E-state index contributed by atoms with van der Waals surface area (Å²) in [6.07, 6.45) is -5.07. The summed E-state index contributed by atoms with van der Waals surface area (Å²) in [5.41, 5.74) is -4.18. The highest BCUT2D eigenvalue weighted by atomic mass is 19.4. The van der Waals surface area contributed by atoms with Crippen molar-refractivity contribution in [1.29, 1.82) is 0 Å². The molecule has 0 saturated heterocycles. The third-order valence-electron chi connectivity index (χ3n) is 8.16. The lowest BCUT2D eigenvalue weighted by Gasteiger charge is -2.29. The van der Waals surface area contributed by atoms with Crippen molar-refractivity contribution in [1.82, 2.24) is 5.32 Å². The zero-order valence-corrected chi connectivity index (χ0v) is 25.0. The first kappa shape index (κ1) is 36.8. The van der Waals surface area contributed by atoms with E-state index in [9.17, 15) is 56.2 Å². The first-order chi connectivity index (χ1) is 21.9. The Morgan fingerprint density at radius 2 is 1.06 bits per heavy atom. The van der Waals surface area contributed by atoms with Gasteiger partial charge < -0.3 is 21.1 Å². The first-order valence-electron chi connectivity index (χ1n) is 14.6. The van der Waals surface area contributed by atoms with Crippen molar-refractivity contribution in [3.8, 4) is 0 Å². The van der Waals surface area contributed by atoms with Gasteiger partial charge >= 0.3 is 18.3 Å². The highest BCUT2D eigenvalue weighted by Gasteiger charge is 2.40. The standard InChI is InChI=1S/C15H18F3N3O3.C14H15F3N2O4/c1-19-14(22)9-2-4-10(5-3-9)20-11-6-7-13(21(23)24)12(8-11)15(16,17)18;15-14(16,17)11-7-10(5-6-12(11)19(22)23)18-9-3-1-8(2-4-9)13(20)21/h6-10,20H,2-5H2,1H3,(H,19,22);5-9,18H,1-4H2,(H,20,21). The van der Waals surface area contributed by atoms with Crippen molar-refractivity contribution in [2.45, 2.75) is 75.8 Å². The number of nitrogens with zero attached hydrogens (tertiary/aromatic N) is 2. The van der Waals surface area contributed by atoms with E-state index in [4.69, 9.17) is 5.11 Å². The molecule has 0 atom stereocenters. The quantitative estimate of drug-likeness (QED) is 0.130. The number of hydrogen-bond acceptors (Lipinski definition) is 8. The van der Waals surface area contributed by atoms with Crippen molar-refractivity contribution in [3.05, 3.63) is 67.8 Å². The summed E-state index contributed by atoms with van der Waals surface area (Å²) in [6, 6.07) is 5.48. The molecule has 0 spiro atoms. The second-order valence-corrected chi connectivity index (χ2v) is 11.3. The van der Waals surface area contributed by atoms with E-state index in [0.717, 1.165) is 24.3 Å². The summed E-state index contributed by atoms with van der Waals surface area (Å²) >= 11 is 0. The van der Waals surface area contributed by atoms with Crippen LogP contribution < -0.4 is 16.0 Å². The minimum absolute atomic E-state index is 0.0249. The Labute approximate surface area is 264 Å². The Morgan fingerprint density at radius 1 is 0.702 bits per heavy atom. The molecule has 4 N–H and O–H groups in total. The molecule has 2 saturated carbocycles. The van der Waals surface area contributed by atoms with Gasteiger partial charge in [-0.2, -0.15) is 26.3 Å². The van der Waals surface area contributed by atoms with Crippen molar-refractivity contribution >= 4 is 34.6 Å². The average Bonchev–Trinajstić information content (AvgIpc) is 3.00. The Kier molecular flexibility index (Phi) is 12.0. The predicted octanol–water partition coefficient (Wildman–Crippen LogP) is 7.00. The lowest BCUT2D eigenvalue weighted by molar-refractivity contribution is -0.388. The van der Waals surface area contributed by atoms with E-state index in [1.54, 1.807) is 7.05 Å². The van der Waals surface area contributed by atoms with Crippen molar-refractivity contribution in [3.63, 3.8) is 0 Å². The molecule has 0 radical (unpaired) electrons. The van der Waals surface area contributed by atoms with E-state index in [1.807, 2.05) is 0 Å². The van der Waals surface area contributed by atoms with Crippen LogP contribution in [0.5, 0.6) is 0 Å². The zero-order valence-electron chi connectivity index (χ0n) is 25.0. The maximum atomic E-state index is 13.0. The van der Waals surface area contributed by atoms with Crippen LogP contribution in [0, 0.1) is 32.1 Å². The monoisotopic (exact) mass is 677 g/mol. The van der Waals surface area contributed by atoms with Gasteiger partial charge in [0.2, 0.25) is 5.91 Å². The van der Waals surface area contributed by atoms with Gasteiger partial charge in [-0.15, -0.1) is 0 Å². The molecule has 2 aromatic carbocycles. The number of carbonyl (C=O) groups excluding carboxylic acids is 1. The molecule has 0 heterocycles. The molecular formula is C29H33F6N5O7. The van der Waals surface area contributed by atoms with Crippen LogP contribution in [-0.2, 0) is 21.9 Å². The van der Waals surface area contributed by atoms with E-state index in [-0.39, 0.29) is 35.3 Å². The number of rotatable bonds is 8. The van der Waals surface area contributed by atoms with E-state index in [0.29, 0.717) is 51.4 Å². The fourth-order valence-corrected chi connectivity index (χ4v) is 5.68. The van der Waals surface area contributed by atoms with E-state index in [1.165, 1.54) is 12.1 Å². The van der Waals surface area contributed by atoms with Crippen LogP contribution >= 0.6 is 0 Å². The normalized spacial score (nSPS) is 21.4. The van der Waals surface area contributed by atoms with Gasteiger partial charge in [0.05, 0.1) is 15.8 Å². The largest absolute Gasteiger partial charge is 0.481 e. The summed E-state index contributed by atoms with van der Waals surface area (Å²) < 4.78 is 77.6. The summed E-state index contributed by atoms with van der Waals surface area (Å²) in [5.74, 6) is -1.38. The van der Waals surface area contributed by atoms with E-state index >= 15 is 0 Å². The lowest BCUT2D eigenvalue weighted by atomic mass is 9.85. The Bertz CT molecular complexity index is 1450. The highest BCUT2D eigenvalue weighted by Crippen LogP contribution is 2.39. The maximum Gasteiger partial charge on any atom is 0.423 e. The Morgan fingerprint density at radius 3 is 1.36 bits per heavy atom. The van der Waals surface area contributed by atoms with Crippen molar-refractivity contribution in [2.75, 3.05) is 17.7 Å². The molecule has 2 aliphatic carbocycles. The van der Waals surface area contributed by atoms with Gasteiger partial charge in [-0.05, 0) is 75.6 Å². The van der Waals surface area contributed by atoms with Gasteiger partial charge in [0.15, 0.2) is 0 Å². The van der Waals surface area contributed by atoms with Gasteiger partial charge in [-0.3, -0.25) is 29.8 Å². The fraction of sp³-hybridized carbons (Fsp3) is 0.517. The molecule has 0 aromatic heterocycles. The number of carboxylic acid groups (broad SMARTS) is 1. The van der Waals surface area contributed by atoms with Crippen LogP contribution in [0.4, 0.5) is 49.1 Å². The molecule has 4 rings (SSSR count). The van der Waals surface area contributed by atoms with Crippen LogP contribution in [0.1, 0.15) is 62.5 Å². The van der Waals surface area contributed by atoms with Gasteiger partial charge in [-0.25, -0.2) is 0 Å². The van der Waals surface area contributed by atoms with Crippen LogP contribution in [0.2, 0.25) is 0 Å². The Hall–Kier alpha value is -4.64. The molecule has 2 fully saturated rings. The zero-order chi connectivity index (χ0) is 35.1. The molecule has 2 aliphatic rings. The lowest BCUT2D eigenvalue weighted by Crippen LogP contribution is -2.34. The number of aliphatic carboxylic acids is 1. The summed E-state index contributed by atoms with van der Waals surface area (Å²) in [4.78, 5) is 41.8. The molecule has 12 nitrogen and oxygen atoms in total. The second kappa shape index (κ2) is 15.3. The molecule has 0 aliphatic heterocycles. The number of nitrogens with one attached hydrogen (secondary N) is 3. The minimum Gasteiger partial charge on any atom is -0.481 e. The highest BCUT2D eigenvalue weighted by molar-refractivity contribution is 5.78. The second-order valence-electron chi connectivity index (χ2n) is 11.3. The first-order valence-corrected chi connectivity index (χ1v) is 14.6. The van der Waals surface area contributed by atoms with Crippen LogP contribution in [0.25, 0.3) is 0 Å². The van der Waals surface area contributed by atoms with Crippen molar-refractivity contribution < 1.29 is 50.9 Å². The Balaban J connectivity index is 0.000000256. The molecule has 2 aromatic rings. The molecule has 0 unspecified atom stereocenters. The molecule has 0 bridgehead atoms. The van der Waals surface area contributed by atoms with Gasteiger partial charge in [0, 0.05) is 48.6 Å². The molecule has 47 heavy (non-hydrogen) atoms. The predicted molar refractivity (Wildman–Crippen MR) is 157 cm³/mol. The van der Waals surface area contributed by atoms with Crippen LogP contribution in [0.15, 0.2) is 36.4 Å². The molecular weight excluding hydrogens is 644 g/mol. The number of hydrogen-bond donors (Lipinski definition) is 4. The fourth-order valence-electron chi connectivity index (χ4n) is 5.68. The third kappa shape index (κ3) is 10.2. The van der Waals surface area contributed by atoms with Gasteiger partial charge in [-0.1, -0.05) is 0 Å². The topological polar surface area (TPSA) is 177 Å². The molecule has 18 heteroatoms. The van der Waals surface area contributed by atoms with Gasteiger partial charge in [0.25, 0.3) is 11.4 Å². The van der Waals surface area contributed by atoms with E-state index < -0.39 is 56.6 Å². The van der Waals surface area contributed by atoms with E-state index in [2.05, 4.69) is 16.0 Å². The number of nitro benzene ring substituents is 2. The number of carboxylic acids is 1. The average molecular weight is 678 g/mol. The minimum atomic E-state index is -4.82. The summed E-state index contributed by atoms with van der Waals surface area (Å²) in [5, 5.41) is 38.8. The molecule has 1 amide bonds. The number of anilines is 2. The number of amides is 1. The van der Waals surface area contributed by atoms with Crippen molar-refractivity contribution in [2.24, 2.45) is 11.8 Å². The third-order valence-corrected chi connectivity index (χ3v) is 8.16. The SMILES string of the molecule is CNC(=O)C1CCC(Nc2ccc([N+](=O)[O-])c(C(F)(F)F)c2)CC1.O=C(O)C1CCC(Nc2ccc([N+](=O)[O-])c(C(F)(F)F)c2)CC1. The molecule has 258 valence electrons. The maximum absolute atomic E-state index is 13.0. The summed E-state index contributed by atoms with van der Waals surface area (Å²) in [7, 11) is 1.57. The number of alkyl halides is 6. The number of carbonyl (C=O) groups is 2. The van der Waals surface area contributed by atoms with Crippen LogP contribution in [-0.4, -0.2) is 46.0 Å². The number of nitro groups is 2. The summed E-state index contributed by atoms with van der Waals surface area (Å²) in [6.45, 7) is 0.